The molecule has 0 atom stereocenters. The summed E-state index contributed by atoms with van der Waals surface area (Å²) in [4.78, 5) is 11.5. The summed E-state index contributed by atoms with van der Waals surface area (Å²) in [5.74, 6) is 0. The van der Waals surface area contributed by atoms with E-state index in [1.807, 2.05) is 0 Å². The summed E-state index contributed by atoms with van der Waals surface area (Å²) >= 11 is 0. The van der Waals surface area contributed by atoms with Gasteiger partial charge >= 0.3 is 15.5 Å². The minimum atomic E-state index is -5.57. The Bertz CT molecular complexity index is 788. The Morgan fingerprint density at radius 1 is 1.32 bits per heavy atom. The Morgan fingerprint density at radius 3 is 2.53 bits per heavy atom. The van der Waals surface area contributed by atoms with E-state index in [4.69, 9.17) is 4.52 Å². The number of nitrogens with one attached hydrogen (secondary N) is 1. The standard InChI is InChI=1S/C9H7F3N2O4S/c1-14-8(15)5-3-2-4-6(7(5)18-14)13-19(16,17)9(10,11)12/h2-4,13H,1H3. The van der Waals surface area contributed by atoms with E-state index >= 15 is 0 Å². The second-order valence-corrected chi connectivity index (χ2v) is 5.30. The smallest absolute Gasteiger partial charge is 0.374 e. The average Bonchev–Trinajstić information content (AvgIpc) is 2.55. The van der Waals surface area contributed by atoms with Crippen molar-refractivity contribution in [1.29, 1.82) is 0 Å². The fourth-order valence-electron chi connectivity index (χ4n) is 1.43. The third-order valence-corrected chi connectivity index (χ3v) is 3.41. The maximum Gasteiger partial charge on any atom is 0.516 e. The summed E-state index contributed by atoms with van der Waals surface area (Å²) in [7, 11) is -4.31. The molecule has 10 heteroatoms. The number of hydrogen-bond donors (Lipinski definition) is 1. The van der Waals surface area contributed by atoms with Gasteiger partial charge < -0.3 is 4.52 Å². The van der Waals surface area contributed by atoms with Crippen LogP contribution in [0.3, 0.4) is 0 Å². The molecule has 2 rings (SSSR count). The number of alkyl halides is 3. The zero-order chi connectivity index (χ0) is 14.4. The van der Waals surface area contributed by atoms with Gasteiger partial charge in [0.25, 0.3) is 5.56 Å². The number of nitrogens with zero attached hydrogens (tertiary/aromatic N) is 1. The van der Waals surface area contributed by atoms with E-state index in [9.17, 15) is 26.4 Å². The summed E-state index contributed by atoms with van der Waals surface area (Å²) in [6.45, 7) is 0. The lowest BCUT2D eigenvalue weighted by Gasteiger charge is -2.10. The molecule has 2 aromatic rings. The van der Waals surface area contributed by atoms with Crippen LogP contribution in [0.2, 0.25) is 0 Å². The van der Waals surface area contributed by atoms with Crippen molar-refractivity contribution in [3.8, 4) is 0 Å². The molecule has 104 valence electrons. The molecule has 0 spiro atoms. The number of anilines is 1. The van der Waals surface area contributed by atoms with Crippen molar-refractivity contribution in [3.63, 3.8) is 0 Å². The van der Waals surface area contributed by atoms with Crippen LogP contribution in [0.1, 0.15) is 0 Å². The van der Waals surface area contributed by atoms with Gasteiger partial charge in [0.1, 0.15) is 0 Å². The maximum absolute atomic E-state index is 12.3. The number of rotatable bonds is 2. The fourth-order valence-corrected chi connectivity index (χ4v) is 2.00. The normalized spacial score (nSPS) is 12.8. The molecule has 0 bridgehead atoms. The molecule has 19 heavy (non-hydrogen) atoms. The number of aromatic nitrogens is 1. The molecule has 0 radical (unpaired) electrons. The predicted octanol–water partition coefficient (Wildman–Crippen LogP) is 1.39. The Labute approximate surface area is 104 Å². The van der Waals surface area contributed by atoms with Crippen molar-refractivity contribution in [2.45, 2.75) is 5.51 Å². The van der Waals surface area contributed by atoms with E-state index in [2.05, 4.69) is 0 Å². The van der Waals surface area contributed by atoms with Gasteiger partial charge in [-0.25, -0.2) is 0 Å². The molecule has 0 saturated heterocycles. The molecule has 0 aliphatic carbocycles. The molecule has 0 aliphatic heterocycles. The first-order valence-corrected chi connectivity index (χ1v) is 6.30. The molecule has 0 amide bonds. The first-order valence-electron chi connectivity index (χ1n) is 4.81. The molecular weight excluding hydrogens is 289 g/mol. The van der Waals surface area contributed by atoms with Gasteiger partial charge in [0.15, 0.2) is 5.58 Å². The molecule has 0 aliphatic rings. The Kier molecular flexibility index (Phi) is 2.84. The number of para-hydroxylation sites is 1. The molecule has 1 aromatic carbocycles. The second kappa shape index (κ2) is 4.02. The van der Waals surface area contributed by atoms with Gasteiger partial charge in [-0.3, -0.25) is 9.52 Å². The fraction of sp³-hybridized carbons (Fsp3) is 0.222. The second-order valence-electron chi connectivity index (χ2n) is 3.63. The van der Waals surface area contributed by atoms with E-state index in [0.717, 1.165) is 10.8 Å². The van der Waals surface area contributed by atoms with Gasteiger partial charge in [0.2, 0.25) is 0 Å². The third-order valence-electron chi connectivity index (χ3n) is 2.31. The lowest BCUT2D eigenvalue weighted by atomic mass is 10.2. The number of sulfonamides is 1. The quantitative estimate of drug-likeness (QED) is 0.908. The lowest BCUT2D eigenvalue weighted by Crippen LogP contribution is -2.29. The van der Waals surface area contributed by atoms with E-state index in [0.29, 0.717) is 0 Å². The van der Waals surface area contributed by atoms with Gasteiger partial charge in [-0.05, 0) is 12.1 Å². The number of hydrogen-bond acceptors (Lipinski definition) is 4. The highest BCUT2D eigenvalue weighted by atomic mass is 32.2. The highest BCUT2D eigenvalue weighted by Gasteiger charge is 2.46. The summed E-state index contributed by atoms with van der Waals surface area (Å²) < 4.78 is 65.8. The number of aryl methyl sites for hydroxylation is 1. The Morgan fingerprint density at radius 2 is 1.95 bits per heavy atom. The van der Waals surface area contributed by atoms with Crippen LogP contribution >= 0.6 is 0 Å². The first kappa shape index (κ1) is 13.5. The SMILES string of the molecule is Cn1oc2c(NS(=O)(=O)C(F)(F)F)cccc2c1=O. The monoisotopic (exact) mass is 296 g/mol. The van der Waals surface area contributed by atoms with Crippen LogP contribution in [0.25, 0.3) is 11.0 Å². The van der Waals surface area contributed by atoms with E-state index in [1.54, 1.807) is 0 Å². The lowest BCUT2D eigenvalue weighted by molar-refractivity contribution is -0.0429. The Balaban J connectivity index is 2.60. The molecule has 1 N–H and O–H groups in total. The van der Waals surface area contributed by atoms with Crippen LogP contribution in [0, 0.1) is 0 Å². The summed E-state index contributed by atoms with van der Waals surface area (Å²) in [5.41, 5.74) is -6.75. The zero-order valence-electron chi connectivity index (χ0n) is 9.35. The van der Waals surface area contributed by atoms with Crippen LogP contribution < -0.4 is 10.3 Å². The van der Waals surface area contributed by atoms with Crippen molar-refractivity contribution in [3.05, 3.63) is 28.6 Å². The van der Waals surface area contributed by atoms with Crippen molar-refractivity contribution >= 4 is 26.7 Å². The van der Waals surface area contributed by atoms with Crippen molar-refractivity contribution in [1.82, 2.24) is 4.74 Å². The highest BCUT2D eigenvalue weighted by molar-refractivity contribution is 7.93. The van der Waals surface area contributed by atoms with Gasteiger partial charge in [-0.1, -0.05) is 6.07 Å². The molecule has 0 fully saturated rings. The van der Waals surface area contributed by atoms with Crippen molar-refractivity contribution in [2.75, 3.05) is 4.72 Å². The van der Waals surface area contributed by atoms with Crippen LogP contribution in [0.5, 0.6) is 0 Å². The van der Waals surface area contributed by atoms with Crippen molar-refractivity contribution < 1.29 is 26.1 Å². The third kappa shape index (κ3) is 2.18. The highest BCUT2D eigenvalue weighted by Crippen LogP contribution is 2.28. The number of halogens is 3. The van der Waals surface area contributed by atoms with Crippen molar-refractivity contribution in [2.24, 2.45) is 7.05 Å². The first-order chi connectivity index (χ1) is 8.63. The van der Waals surface area contributed by atoms with Gasteiger partial charge in [-0.15, -0.1) is 0 Å². The van der Waals surface area contributed by atoms with Crippen LogP contribution in [-0.2, 0) is 17.1 Å². The van der Waals surface area contributed by atoms with Gasteiger partial charge in [0.05, 0.1) is 11.1 Å². The van der Waals surface area contributed by atoms with Crippen LogP contribution in [0.4, 0.5) is 18.9 Å². The molecule has 0 saturated carbocycles. The largest absolute Gasteiger partial charge is 0.516 e. The van der Waals surface area contributed by atoms with Crippen LogP contribution in [-0.4, -0.2) is 18.7 Å². The van der Waals surface area contributed by atoms with Gasteiger partial charge in [0, 0.05) is 7.05 Å². The average molecular weight is 296 g/mol. The molecule has 1 aromatic heterocycles. The minimum absolute atomic E-state index is 0.0233. The van der Waals surface area contributed by atoms with E-state index in [-0.39, 0.29) is 11.0 Å². The van der Waals surface area contributed by atoms with Crippen LogP contribution in [0.15, 0.2) is 27.5 Å². The topological polar surface area (TPSA) is 81.3 Å². The minimum Gasteiger partial charge on any atom is -0.374 e. The van der Waals surface area contributed by atoms with E-state index < -0.39 is 26.8 Å². The summed E-state index contributed by atoms with van der Waals surface area (Å²) in [5, 5.41) is -0.0233. The van der Waals surface area contributed by atoms with E-state index in [1.165, 1.54) is 23.9 Å². The Hall–Kier alpha value is -1.97. The molecular formula is C9H7F3N2O4S. The molecule has 0 unspecified atom stereocenters. The zero-order valence-corrected chi connectivity index (χ0v) is 10.2. The summed E-state index contributed by atoms with van der Waals surface area (Å²) in [6, 6.07) is 3.62. The summed E-state index contributed by atoms with van der Waals surface area (Å²) in [6.07, 6.45) is 0. The van der Waals surface area contributed by atoms with Gasteiger partial charge in [-0.2, -0.15) is 26.3 Å². The maximum atomic E-state index is 12.3. The molecule has 1 heterocycles. The number of fused-ring (bicyclic) bond motifs is 1. The number of benzene rings is 1. The predicted molar refractivity (Wildman–Crippen MR) is 60.1 cm³/mol. The molecule has 6 nitrogen and oxygen atoms in total.